The summed E-state index contributed by atoms with van der Waals surface area (Å²) >= 11 is 0. The maximum absolute atomic E-state index is 14.9. The van der Waals surface area contributed by atoms with E-state index < -0.39 is 11.6 Å². The molecule has 2 aromatic carbocycles. The lowest BCUT2D eigenvalue weighted by atomic mass is 9.90. The first-order valence-electron chi connectivity index (χ1n) is 11.0. The molecule has 2 atom stereocenters. The Morgan fingerprint density at radius 3 is 2.47 bits per heavy atom. The SMILES string of the molecule is CCCCCOC1CCC(c2ccc(-c3ccc(CCC)c(F)c3)c(F)c2F)CO1. The van der Waals surface area contributed by atoms with Gasteiger partial charge in [-0.3, -0.25) is 0 Å². The van der Waals surface area contributed by atoms with Crippen molar-refractivity contribution in [1.82, 2.24) is 0 Å². The molecule has 0 aromatic heterocycles. The molecule has 5 heteroatoms. The van der Waals surface area contributed by atoms with Crippen LogP contribution in [0, 0.1) is 17.5 Å². The van der Waals surface area contributed by atoms with Crippen molar-refractivity contribution in [2.24, 2.45) is 0 Å². The third-order valence-electron chi connectivity index (χ3n) is 5.72. The average molecular weight is 421 g/mol. The minimum absolute atomic E-state index is 0.0760. The molecule has 2 nitrogen and oxygen atoms in total. The van der Waals surface area contributed by atoms with Gasteiger partial charge >= 0.3 is 0 Å². The second-order valence-electron chi connectivity index (χ2n) is 8.00. The summed E-state index contributed by atoms with van der Waals surface area (Å²) in [6.07, 6.45) is 5.76. The number of halogens is 3. The van der Waals surface area contributed by atoms with E-state index in [9.17, 15) is 13.2 Å². The van der Waals surface area contributed by atoms with E-state index in [4.69, 9.17) is 9.47 Å². The van der Waals surface area contributed by atoms with E-state index in [2.05, 4.69) is 6.92 Å². The molecule has 164 valence electrons. The van der Waals surface area contributed by atoms with Crippen LogP contribution in [0.1, 0.15) is 69.4 Å². The molecule has 1 heterocycles. The molecule has 0 radical (unpaired) electrons. The van der Waals surface area contributed by atoms with Gasteiger partial charge in [0.1, 0.15) is 5.82 Å². The Morgan fingerprint density at radius 2 is 1.80 bits per heavy atom. The smallest absolute Gasteiger partial charge is 0.166 e. The second-order valence-corrected chi connectivity index (χ2v) is 8.00. The molecule has 2 aromatic rings. The lowest BCUT2D eigenvalue weighted by molar-refractivity contribution is -0.168. The molecule has 30 heavy (non-hydrogen) atoms. The van der Waals surface area contributed by atoms with Crippen molar-refractivity contribution in [2.45, 2.75) is 71.0 Å². The number of unbranched alkanes of at least 4 members (excludes halogenated alkanes) is 2. The van der Waals surface area contributed by atoms with Crippen LogP contribution in [0.5, 0.6) is 0 Å². The Kier molecular flexibility index (Phi) is 8.34. The summed E-state index contributed by atoms with van der Waals surface area (Å²) in [5.41, 5.74) is 1.32. The third-order valence-corrected chi connectivity index (χ3v) is 5.72. The van der Waals surface area contributed by atoms with Crippen LogP contribution in [0.15, 0.2) is 30.3 Å². The predicted molar refractivity (Wildman–Crippen MR) is 113 cm³/mol. The zero-order chi connectivity index (χ0) is 21.5. The Balaban J connectivity index is 1.68. The first-order valence-corrected chi connectivity index (χ1v) is 11.0. The molecular formula is C25H31F3O2. The van der Waals surface area contributed by atoms with Gasteiger partial charge in [0, 0.05) is 18.1 Å². The van der Waals surface area contributed by atoms with Crippen LogP contribution in [-0.2, 0) is 15.9 Å². The van der Waals surface area contributed by atoms with Gasteiger partial charge in [0.05, 0.1) is 6.61 Å². The van der Waals surface area contributed by atoms with E-state index in [1.165, 1.54) is 12.1 Å². The van der Waals surface area contributed by atoms with Crippen molar-refractivity contribution in [3.05, 3.63) is 58.9 Å². The van der Waals surface area contributed by atoms with Crippen LogP contribution in [0.2, 0.25) is 0 Å². The summed E-state index contributed by atoms with van der Waals surface area (Å²) in [4.78, 5) is 0. The summed E-state index contributed by atoms with van der Waals surface area (Å²) in [6.45, 7) is 5.07. The Labute approximate surface area is 177 Å². The van der Waals surface area contributed by atoms with Crippen molar-refractivity contribution < 1.29 is 22.6 Å². The third kappa shape index (κ3) is 5.44. The van der Waals surface area contributed by atoms with Gasteiger partial charge < -0.3 is 9.47 Å². The molecule has 0 amide bonds. The Hall–Kier alpha value is -1.85. The van der Waals surface area contributed by atoms with Gasteiger partial charge in [-0.1, -0.05) is 57.4 Å². The zero-order valence-corrected chi connectivity index (χ0v) is 17.9. The van der Waals surface area contributed by atoms with Gasteiger partial charge in [0.15, 0.2) is 17.9 Å². The minimum Gasteiger partial charge on any atom is -0.353 e. The molecular weight excluding hydrogens is 389 g/mol. The quantitative estimate of drug-likeness (QED) is 0.401. The van der Waals surface area contributed by atoms with Gasteiger partial charge in [-0.05, 0) is 48.4 Å². The van der Waals surface area contributed by atoms with Crippen molar-refractivity contribution >= 4 is 0 Å². The van der Waals surface area contributed by atoms with Crippen LogP contribution in [-0.4, -0.2) is 19.5 Å². The van der Waals surface area contributed by atoms with Crippen molar-refractivity contribution in [1.29, 1.82) is 0 Å². The molecule has 1 aliphatic heterocycles. The van der Waals surface area contributed by atoms with E-state index >= 15 is 0 Å². The van der Waals surface area contributed by atoms with Crippen LogP contribution in [0.4, 0.5) is 13.2 Å². The predicted octanol–water partition coefficient (Wildman–Crippen LogP) is 7.15. The fraction of sp³-hybridized carbons (Fsp3) is 0.520. The van der Waals surface area contributed by atoms with Crippen molar-refractivity contribution in [3.8, 4) is 11.1 Å². The molecule has 0 spiro atoms. The van der Waals surface area contributed by atoms with E-state index in [0.29, 0.717) is 49.2 Å². The Morgan fingerprint density at radius 1 is 0.967 bits per heavy atom. The highest BCUT2D eigenvalue weighted by molar-refractivity contribution is 5.65. The summed E-state index contributed by atoms with van der Waals surface area (Å²) in [5.74, 6) is -2.41. The summed E-state index contributed by atoms with van der Waals surface area (Å²) in [5, 5.41) is 0. The van der Waals surface area contributed by atoms with E-state index in [0.717, 1.165) is 25.7 Å². The standard InChI is InChI=1S/C25H31F3O2/c1-3-5-6-14-29-23-13-10-19(16-30-23)21-12-11-20(24(27)25(21)28)18-9-8-17(7-4-2)22(26)15-18/h8-9,11-12,15,19,23H,3-7,10,13-14,16H2,1-2H3. The van der Waals surface area contributed by atoms with Gasteiger partial charge in [-0.2, -0.15) is 0 Å². The fourth-order valence-corrected chi connectivity index (χ4v) is 3.96. The van der Waals surface area contributed by atoms with Crippen LogP contribution in [0.25, 0.3) is 11.1 Å². The minimum atomic E-state index is -0.937. The Bertz CT molecular complexity index is 829. The molecule has 2 unspecified atom stereocenters. The van der Waals surface area contributed by atoms with Gasteiger partial charge in [-0.25, -0.2) is 13.2 Å². The van der Waals surface area contributed by atoms with E-state index in [-0.39, 0.29) is 23.6 Å². The van der Waals surface area contributed by atoms with Crippen molar-refractivity contribution in [3.63, 3.8) is 0 Å². The molecule has 0 saturated carbocycles. The largest absolute Gasteiger partial charge is 0.353 e. The number of hydrogen-bond donors (Lipinski definition) is 0. The zero-order valence-electron chi connectivity index (χ0n) is 17.9. The normalized spacial score (nSPS) is 19.2. The first kappa shape index (κ1) is 22.8. The first-order chi connectivity index (χ1) is 14.5. The number of aryl methyl sites for hydroxylation is 1. The highest BCUT2D eigenvalue weighted by Crippen LogP contribution is 2.35. The maximum Gasteiger partial charge on any atom is 0.166 e. The average Bonchev–Trinajstić information content (AvgIpc) is 2.75. The van der Waals surface area contributed by atoms with Crippen LogP contribution >= 0.6 is 0 Å². The van der Waals surface area contributed by atoms with Gasteiger partial charge in [-0.15, -0.1) is 0 Å². The highest BCUT2D eigenvalue weighted by Gasteiger charge is 2.27. The summed E-state index contributed by atoms with van der Waals surface area (Å²) < 4.78 is 55.4. The lowest BCUT2D eigenvalue weighted by Crippen LogP contribution is -2.28. The molecule has 1 fully saturated rings. The molecule has 0 N–H and O–H groups in total. The molecule has 1 saturated heterocycles. The topological polar surface area (TPSA) is 18.5 Å². The van der Waals surface area contributed by atoms with Crippen molar-refractivity contribution in [2.75, 3.05) is 13.2 Å². The van der Waals surface area contributed by atoms with Gasteiger partial charge in [0.25, 0.3) is 0 Å². The number of rotatable bonds is 9. The van der Waals surface area contributed by atoms with E-state index in [1.54, 1.807) is 18.2 Å². The van der Waals surface area contributed by atoms with Gasteiger partial charge in [0.2, 0.25) is 0 Å². The number of benzene rings is 2. The summed E-state index contributed by atoms with van der Waals surface area (Å²) in [7, 11) is 0. The van der Waals surface area contributed by atoms with E-state index in [1.807, 2.05) is 6.92 Å². The number of ether oxygens (including phenoxy) is 2. The fourth-order valence-electron chi connectivity index (χ4n) is 3.96. The highest BCUT2D eigenvalue weighted by atomic mass is 19.2. The number of hydrogen-bond acceptors (Lipinski definition) is 2. The maximum atomic E-state index is 14.9. The second kappa shape index (κ2) is 11.0. The molecule has 0 aliphatic carbocycles. The molecule has 1 aliphatic rings. The molecule has 3 rings (SSSR count). The molecule has 0 bridgehead atoms. The summed E-state index contributed by atoms with van der Waals surface area (Å²) in [6, 6.07) is 7.72. The monoisotopic (exact) mass is 420 g/mol. The van der Waals surface area contributed by atoms with Crippen LogP contribution in [0.3, 0.4) is 0 Å². The van der Waals surface area contributed by atoms with Crippen LogP contribution < -0.4 is 0 Å². The lowest BCUT2D eigenvalue weighted by Gasteiger charge is -2.29.